The third-order valence-electron chi connectivity index (χ3n) is 2.99. The first-order valence-corrected chi connectivity index (χ1v) is 7.21. The van der Waals surface area contributed by atoms with Gasteiger partial charge in [0.2, 0.25) is 5.89 Å². The highest BCUT2D eigenvalue weighted by atomic mass is 79.9. The van der Waals surface area contributed by atoms with Gasteiger partial charge < -0.3 is 9.09 Å². The van der Waals surface area contributed by atoms with Crippen molar-refractivity contribution in [3.63, 3.8) is 0 Å². The molecule has 3 rings (SSSR count). The van der Waals surface area contributed by atoms with Crippen LogP contribution >= 0.6 is 15.9 Å². The number of aromatic nitrogens is 3. The van der Waals surface area contributed by atoms with Gasteiger partial charge in [0.25, 0.3) is 5.56 Å². The van der Waals surface area contributed by atoms with Crippen molar-refractivity contribution in [1.29, 1.82) is 0 Å². The Morgan fingerprint density at radius 2 is 1.95 bits per heavy atom. The summed E-state index contributed by atoms with van der Waals surface area (Å²) in [6, 6.07) is 12.9. The van der Waals surface area contributed by atoms with Gasteiger partial charge in [-0.2, -0.15) is 4.98 Å². The highest BCUT2D eigenvalue weighted by Crippen LogP contribution is 2.13. The van der Waals surface area contributed by atoms with Crippen LogP contribution in [0.1, 0.15) is 17.3 Å². The molecule has 2 heterocycles. The molecule has 0 unspecified atom stereocenters. The van der Waals surface area contributed by atoms with E-state index >= 15 is 0 Å². The van der Waals surface area contributed by atoms with Crippen molar-refractivity contribution in [2.75, 3.05) is 0 Å². The molecule has 0 aliphatic carbocycles. The maximum absolute atomic E-state index is 11.6. The lowest BCUT2D eigenvalue weighted by molar-refractivity contribution is 0.378. The number of nitrogens with zero attached hydrogens (tertiary/aromatic N) is 3. The predicted molar refractivity (Wildman–Crippen MR) is 81.1 cm³/mol. The van der Waals surface area contributed by atoms with Crippen molar-refractivity contribution < 1.29 is 4.52 Å². The molecule has 1 aromatic carbocycles. The van der Waals surface area contributed by atoms with Crippen molar-refractivity contribution in [3.8, 4) is 0 Å². The monoisotopic (exact) mass is 345 g/mol. The summed E-state index contributed by atoms with van der Waals surface area (Å²) < 4.78 is 7.79. The van der Waals surface area contributed by atoms with Crippen LogP contribution < -0.4 is 5.56 Å². The van der Waals surface area contributed by atoms with E-state index in [0.29, 0.717) is 24.7 Å². The van der Waals surface area contributed by atoms with Gasteiger partial charge in [-0.25, -0.2) is 0 Å². The Balaban J connectivity index is 1.73. The zero-order valence-corrected chi connectivity index (χ0v) is 12.7. The quantitative estimate of drug-likeness (QED) is 0.729. The SMILES string of the molecule is O=c1ccccn1Cc1noc(Cc2ccc(Br)cc2)n1. The van der Waals surface area contributed by atoms with E-state index in [1.165, 1.54) is 10.6 Å². The van der Waals surface area contributed by atoms with E-state index in [2.05, 4.69) is 26.1 Å². The second kappa shape index (κ2) is 6.05. The third-order valence-corrected chi connectivity index (χ3v) is 3.52. The normalized spacial score (nSPS) is 10.7. The van der Waals surface area contributed by atoms with Crippen LogP contribution in [0.3, 0.4) is 0 Å². The van der Waals surface area contributed by atoms with Crippen molar-refractivity contribution in [2.45, 2.75) is 13.0 Å². The molecule has 3 aromatic rings. The second-order valence-electron chi connectivity index (χ2n) is 4.57. The molecular formula is C15H12BrN3O2. The van der Waals surface area contributed by atoms with Gasteiger partial charge >= 0.3 is 0 Å². The average Bonchev–Trinajstić information content (AvgIpc) is 2.91. The number of halogens is 1. The summed E-state index contributed by atoms with van der Waals surface area (Å²) in [6.07, 6.45) is 2.27. The van der Waals surface area contributed by atoms with Gasteiger partial charge in [-0.15, -0.1) is 0 Å². The lowest BCUT2D eigenvalue weighted by Crippen LogP contribution is -2.18. The van der Waals surface area contributed by atoms with E-state index in [9.17, 15) is 4.79 Å². The van der Waals surface area contributed by atoms with Crippen LogP contribution in [0.4, 0.5) is 0 Å². The number of pyridine rings is 1. The molecule has 0 N–H and O–H groups in total. The summed E-state index contributed by atoms with van der Waals surface area (Å²) >= 11 is 3.40. The first-order valence-electron chi connectivity index (χ1n) is 6.42. The topological polar surface area (TPSA) is 60.9 Å². The van der Waals surface area contributed by atoms with Gasteiger partial charge in [-0.3, -0.25) is 4.79 Å². The number of benzene rings is 1. The Hall–Kier alpha value is -2.21. The first kappa shape index (κ1) is 13.8. The fourth-order valence-electron chi connectivity index (χ4n) is 1.95. The molecule has 0 saturated heterocycles. The standard InChI is InChI=1S/C15H12BrN3O2/c16-12-6-4-11(5-7-12)9-14-17-13(18-21-14)10-19-8-2-1-3-15(19)20/h1-8H,9-10H2. The molecule has 21 heavy (non-hydrogen) atoms. The second-order valence-corrected chi connectivity index (χ2v) is 5.49. The van der Waals surface area contributed by atoms with E-state index in [4.69, 9.17) is 4.52 Å². The predicted octanol–water partition coefficient (Wildman–Crippen LogP) is 2.63. The molecule has 0 fully saturated rings. The Labute approximate surface area is 129 Å². The van der Waals surface area contributed by atoms with E-state index in [0.717, 1.165) is 10.0 Å². The minimum absolute atomic E-state index is 0.0863. The van der Waals surface area contributed by atoms with Crippen LogP contribution in [0.15, 0.2) is 62.5 Å². The minimum Gasteiger partial charge on any atom is -0.339 e. The zero-order valence-electron chi connectivity index (χ0n) is 11.1. The molecule has 0 saturated carbocycles. The lowest BCUT2D eigenvalue weighted by Gasteiger charge is -1.99. The Morgan fingerprint density at radius 3 is 2.71 bits per heavy atom. The Morgan fingerprint density at radius 1 is 1.14 bits per heavy atom. The minimum atomic E-state index is -0.0863. The molecule has 106 valence electrons. The summed E-state index contributed by atoms with van der Waals surface area (Å²) in [5.41, 5.74) is 1.00. The van der Waals surface area contributed by atoms with Crippen LogP contribution in [0.5, 0.6) is 0 Å². The molecular weight excluding hydrogens is 334 g/mol. The Bertz CT molecular complexity index is 793. The molecule has 0 radical (unpaired) electrons. The third kappa shape index (κ3) is 3.46. The summed E-state index contributed by atoms with van der Waals surface area (Å²) in [4.78, 5) is 15.9. The molecule has 0 aliphatic rings. The first-order chi connectivity index (χ1) is 10.2. The smallest absolute Gasteiger partial charge is 0.250 e. The number of hydrogen-bond donors (Lipinski definition) is 0. The van der Waals surface area contributed by atoms with E-state index in [1.807, 2.05) is 24.3 Å². The van der Waals surface area contributed by atoms with E-state index in [-0.39, 0.29) is 5.56 Å². The van der Waals surface area contributed by atoms with Crippen LogP contribution in [-0.4, -0.2) is 14.7 Å². The summed E-state index contributed by atoms with van der Waals surface area (Å²) in [7, 11) is 0. The molecule has 0 bridgehead atoms. The van der Waals surface area contributed by atoms with Gasteiger partial charge in [-0.1, -0.05) is 39.3 Å². The largest absolute Gasteiger partial charge is 0.339 e. The summed E-state index contributed by atoms with van der Waals surface area (Å²) in [5, 5.41) is 3.91. The summed E-state index contributed by atoms with van der Waals surface area (Å²) in [5.74, 6) is 1.03. The fraction of sp³-hybridized carbons (Fsp3) is 0.133. The highest BCUT2D eigenvalue weighted by Gasteiger charge is 2.08. The lowest BCUT2D eigenvalue weighted by atomic mass is 10.1. The van der Waals surface area contributed by atoms with Crippen molar-refractivity contribution in [2.24, 2.45) is 0 Å². The maximum Gasteiger partial charge on any atom is 0.250 e. The maximum atomic E-state index is 11.6. The van der Waals surface area contributed by atoms with Crippen LogP contribution in [-0.2, 0) is 13.0 Å². The van der Waals surface area contributed by atoms with Crippen molar-refractivity contribution in [1.82, 2.24) is 14.7 Å². The van der Waals surface area contributed by atoms with Gasteiger partial charge in [0.05, 0.1) is 13.0 Å². The van der Waals surface area contributed by atoms with E-state index < -0.39 is 0 Å². The van der Waals surface area contributed by atoms with Gasteiger partial charge in [-0.05, 0) is 23.8 Å². The molecule has 6 heteroatoms. The average molecular weight is 346 g/mol. The molecule has 0 atom stereocenters. The fourth-order valence-corrected chi connectivity index (χ4v) is 2.21. The van der Waals surface area contributed by atoms with Crippen molar-refractivity contribution in [3.05, 3.63) is 80.8 Å². The molecule has 0 spiro atoms. The molecule has 2 aromatic heterocycles. The van der Waals surface area contributed by atoms with Crippen LogP contribution in [0.25, 0.3) is 0 Å². The highest BCUT2D eigenvalue weighted by molar-refractivity contribution is 9.10. The van der Waals surface area contributed by atoms with Crippen LogP contribution in [0, 0.1) is 0 Å². The van der Waals surface area contributed by atoms with E-state index in [1.54, 1.807) is 18.3 Å². The summed E-state index contributed by atoms with van der Waals surface area (Å²) in [6.45, 7) is 0.309. The number of hydrogen-bond acceptors (Lipinski definition) is 4. The molecule has 5 nitrogen and oxygen atoms in total. The number of rotatable bonds is 4. The molecule has 0 amide bonds. The van der Waals surface area contributed by atoms with Gasteiger partial charge in [0.1, 0.15) is 0 Å². The zero-order chi connectivity index (χ0) is 14.7. The Kier molecular flexibility index (Phi) is 3.96. The van der Waals surface area contributed by atoms with Crippen LogP contribution in [0.2, 0.25) is 0 Å². The molecule has 0 aliphatic heterocycles. The van der Waals surface area contributed by atoms with Gasteiger partial charge in [0.15, 0.2) is 5.82 Å². The van der Waals surface area contributed by atoms with Gasteiger partial charge in [0, 0.05) is 16.7 Å². The van der Waals surface area contributed by atoms with Crippen molar-refractivity contribution >= 4 is 15.9 Å².